The molecule has 0 aromatic carbocycles. The summed E-state index contributed by atoms with van der Waals surface area (Å²) in [6.45, 7) is 11.5. The van der Waals surface area contributed by atoms with Crippen molar-refractivity contribution in [3.05, 3.63) is 0 Å². The summed E-state index contributed by atoms with van der Waals surface area (Å²) in [5.74, 6) is 0. The Kier molecular flexibility index (Phi) is 3.78. The molecule has 2 heteroatoms. The van der Waals surface area contributed by atoms with Gasteiger partial charge in [-0.1, -0.05) is 26.1 Å². The van der Waals surface area contributed by atoms with E-state index >= 15 is 0 Å². The Labute approximate surface area is 78.2 Å². The SMILES string of the molecule is C[Si](C)(C)CCN1CCCCC1. The fourth-order valence-electron chi connectivity index (χ4n) is 1.68. The summed E-state index contributed by atoms with van der Waals surface area (Å²) in [6.07, 6.45) is 4.33. The van der Waals surface area contributed by atoms with Crippen LogP contribution in [-0.4, -0.2) is 32.6 Å². The van der Waals surface area contributed by atoms with E-state index in [0.717, 1.165) is 0 Å². The quantitative estimate of drug-likeness (QED) is 0.611. The molecule has 12 heavy (non-hydrogen) atoms. The molecule has 72 valence electrons. The summed E-state index contributed by atoms with van der Waals surface area (Å²) in [4.78, 5) is 2.65. The average molecular weight is 185 g/mol. The smallest absolute Gasteiger partial charge is 0.0455 e. The molecule has 0 atom stereocenters. The maximum Gasteiger partial charge on any atom is 0.0455 e. The maximum absolute atomic E-state index is 2.65. The average Bonchev–Trinajstić information content (AvgIpc) is 2.02. The van der Waals surface area contributed by atoms with Crippen molar-refractivity contribution in [1.29, 1.82) is 0 Å². The predicted molar refractivity (Wildman–Crippen MR) is 58.4 cm³/mol. The molecule has 0 radical (unpaired) electrons. The van der Waals surface area contributed by atoms with Crippen LogP contribution in [0.3, 0.4) is 0 Å². The third kappa shape index (κ3) is 4.26. The molecule has 1 nitrogen and oxygen atoms in total. The highest BCUT2D eigenvalue weighted by Gasteiger charge is 2.16. The zero-order valence-corrected chi connectivity index (χ0v) is 9.90. The first-order chi connectivity index (χ1) is 5.58. The lowest BCUT2D eigenvalue weighted by molar-refractivity contribution is 0.239. The van der Waals surface area contributed by atoms with Crippen molar-refractivity contribution in [2.24, 2.45) is 0 Å². The highest BCUT2D eigenvalue weighted by molar-refractivity contribution is 6.76. The summed E-state index contributed by atoms with van der Waals surface area (Å²) in [7, 11) is -0.783. The molecule has 1 rings (SSSR count). The first kappa shape index (κ1) is 10.3. The minimum Gasteiger partial charge on any atom is -0.304 e. The molecular formula is C10H23NSi. The van der Waals surface area contributed by atoms with Gasteiger partial charge in [0.1, 0.15) is 0 Å². The van der Waals surface area contributed by atoms with Crippen molar-refractivity contribution in [3.63, 3.8) is 0 Å². The summed E-state index contributed by atoms with van der Waals surface area (Å²) in [5.41, 5.74) is 0. The van der Waals surface area contributed by atoms with E-state index in [1.54, 1.807) is 0 Å². The van der Waals surface area contributed by atoms with Gasteiger partial charge in [-0.2, -0.15) is 0 Å². The third-order valence-corrected chi connectivity index (χ3v) is 4.35. The van der Waals surface area contributed by atoms with Gasteiger partial charge in [0.15, 0.2) is 0 Å². The van der Waals surface area contributed by atoms with Crippen LogP contribution < -0.4 is 0 Å². The number of likely N-dealkylation sites (tertiary alicyclic amines) is 1. The van der Waals surface area contributed by atoms with Crippen molar-refractivity contribution in [2.45, 2.75) is 44.9 Å². The molecule has 1 saturated heterocycles. The fourth-order valence-corrected chi connectivity index (χ4v) is 2.66. The van der Waals surface area contributed by atoms with Crippen molar-refractivity contribution in [3.8, 4) is 0 Å². The lowest BCUT2D eigenvalue weighted by Gasteiger charge is -2.28. The van der Waals surface area contributed by atoms with Crippen LogP contribution in [0.15, 0.2) is 0 Å². The summed E-state index contributed by atoms with van der Waals surface area (Å²) >= 11 is 0. The van der Waals surface area contributed by atoms with E-state index < -0.39 is 8.07 Å². The van der Waals surface area contributed by atoms with Crippen molar-refractivity contribution >= 4 is 8.07 Å². The van der Waals surface area contributed by atoms with E-state index in [1.807, 2.05) is 0 Å². The van der Waals surface area contributed by atoms with Gasteiger partial charge in [0.25, 0.3) is 0 Å². The Morgan fingerprint density at radius 2 is 1.58 bits per heavy atom. The van der Waals surface area contributed by atoms with E-state index in [2.05, 4.69) is 24.5 Å². The Balaban J connectivity index is 2.13. The van der Waals surface area contributed by atoms with Crippen molar-refractivity contribution in [1.82, 2.24) is 4.90 Å². The van der Waals surface area contributed by atoms with Crippen LogP contribution >= 0.6 is 0 Å². The van der Waals surface area contributed by atoms with Crippen LogP contribution in [0.2, 0.25) is 25.7 Å². The molecule has 0 unspecified atom stereocenters. The normalized spacial score (nSPS) is 21.2. The molecule has 0 aromatic heterocycles. The van der Waals surface area contributed by atoms with E-state index in [9.17, 15) is 0 Å². The van der Waals surface area contributed by atoms with Crippen LogP contribution in [0, 0.1) is 0 Å². The van der Waals surface area contributed by atoms with Crippen molar-refractivity contribution in [2.75, 3.05) is 19.6 Å². The van der Waals surface area contributed by atoms with Crippen LogP contribution in [0.1, 0.15) is 19.3 Å². The molecule has 1 fully saturated rings. The molecule has 1 aliphatic rings. The van der Waals surface area contributed by atoms with Gasteiger partial charge in [0, 0.05) is 8.07 Å². The van der Waals surface area contributed by atoms with Crippen LogP contribution in [0.4, 0.5) is 0 Å². The van der Waals surface area contributed by atoms with Gasteiger partial charge in [-0.3, -0.25) is 0 Å². The number of hydrogen-bond donors (Lipinski definition) is 0. The van der Waals surface area contributed by atoms with Crippen LogP contribution in [0.5, 0.6) is 0 Å². The summed E-state index contributed by atoms with van der Waals surface area (Å²) in [6, 6.07) is 1.48. The largest absolute Gasteiger partial charge is 0.304 e. The molecule has 0 bridgehead atoms. The minimum absolute atomic E-state index is 0.783. The fraction of sp³-hybridized carbons (Fsp3) is 1.00. The molecule has 0 N–H and O–H groups in total. The van der Waals surface area contributed by atoms with E-state index in [0.29, 0.717) is 0 Å². The van der Waals surface area contributed by atoms with E-state index in [4.69, 9.17) is 0 Å². The van der Waals surface area contributed by atoms with Crippen LogP contribution in [-0.2, 0) is 0 Å². The predicted octanol–water partition coefficient (Wildman–Crippen LogP) is 2.81. The molecule has 0 aliphatic carbocycles. The monoisotopic (exact) mass is 185 g/mol. The van der Waals surface area contributed by atoms with E-state index in [-0.39, 0.29) is 0 Å². The first-order valence-electron chi connectivity index (χ1n) is 5.30. The maximum atomic E-state index is 2.65. The molecular weight excluding hydrogens is 162 g/mol. The lowest BCUT2D eigenvalue weighted by Crippen LogP contribution is -2.34. The van der Waals surface area contributed by atoms with E-state index in [1.165, 1.54) is 44.9 Å². The number of hydrogen-bond acceptors (Lipinski definition) is 1. The van der Waals surface area contributed by atoms with Gasteiger partial charge in [-0.25, -0.2) is 0 Å². The lowest BCUT2D eigenvalue weighted by atomic mass is 10.1. The molecule has 1 heterocycles. The Hall–Kier alpha value is 0.177. The molecule has 1 aliphatic heterocycles. The van der Waals surface area contributed by atoms with Gasteiger partial charge in [0.05, 0.1) is 0 Å². The van der Waals surface area contributed by atoms with Gasteiger partial charge >= 0.3 is 0 Å². The summed E-state index contributed by atoms with van der Waals surface area (Å²) < 4.78 is 0. The number of rotatable bonds is 3. The van der Waals surface area contributed by atoms with Gasteiger partial charge < -0.3 is 4.90 Å². The second-order valence-electron chi connectivity index (χ2n) is 5.21. The second kappa shape index (κ2) is 4.42. The minimum atomic E-state index is -0.783. The number of nitrogens with zero attached hydrogens (tertiary/aromatic N) is 1. The molecule has 0 spiro atoms. The number of piperidine rings is 1. The van der Waals surface area contributed by atoms with Gasteiger partial charge in [-0.15, -0.1) is 0 Å². The standard InChI is InChI=1S/C10H23NSi/c1-12(2,3)10-9-11-7-5-4-6-8-11/h4-10H2,1-3H3. The Morgan fingerprint density at radius 3 is 2.08 bits per heavy atom. The third-order valence-electron chi connectivity index (χ3n) is 2.63. The van der Waals surface area contributed by atoms with Crippen LogP contribution in [0.25, 0.3) is 0 Å². The van der Waals surface area contributed by atoms with Gasteiger partial charge in [0.2, 0.25) is 0 Å². The Morgan fingerprint density at radius 1 is 1.00 bits per heavy atom. The zero-order chi connectivity index (χ0) is 9.03. The molecule has 0 saturated carbocycles. The summed E-state index contributed by atoms with van der Waals surface area (Å²) in [5, 5.41) is 0. The first-order valence-corrected chi connectivity index (χ1v) is 9.01. The highest BCUT2D eigenvalue weighted by Crippen LogP contribution is 2.13. The molecule has 0 amide bonds. The zero-order valence-electron chi connectivity index (χ0n) is 8.90. The second-order valence-corrected chi connectivity index (χ2v) is 10.8. The Bertz CT molecular complexity index is 122. The van der Waals surface area contributed by atoms with Gasteiger partial charge in [-0.05, 0) is 38.5 Å². The molecule has 0 aromatic rings. The van der Waals surface area contributed by atoms with Crippen molar-refractivity contribution < 1.29 is 0 Å². The topological polar surface area (TPSA) is 3.24 Å². The highest BCUT2D eigenvalue weighted by atomic mass is 28.3.